The van der Waals surface area contributed by atoms with Crippen molar-refractivity contribution in [3.8, 4) is 10.6 Å². The summed E-state index contributed by atoms with van der Waals surface area (Å²) in [5, 5.41) is 22.0. The molecule has 0 aliphatic carbocycles. The average molecular weight is 332 g/mol. The second kappa shape index (κ2) is 6.51. The van der Waals surface area contributed by atoms with Crippen molar-refractivity contribution in [2.75, 3.05) is 11.9 Å². The second-order valence-electron chi connectivity index (χ2n) is 5.39. The lowest BCUT2D eigenvalue weighted by Crippen LogP contribution is -2.02. The molecule has 0 saturated carbocycles. The van der Waals surface area contributed by atoms with Crippen molar-refractivity contribution in [3.05, 3.63) is 35.4 Å². The number of rotatable bonds is 6. The van der Waals surface area contributed by atoms with E-state index in [1.165, 1.54) is 0 Å². The Morgan fingerprint density at radius 3 is 2.78 bits per heavy atom. The van der Waals surface area contributed by atoms with Crippen molar-refractivity contribution in [2.45, 2.75) is 26.9 Å². The molecule has 3 rings (SSSR count). The van der Waals surface area contributed by atoms with E-state index in [4.69, 9.17) is 5.11 Å². The molecule has 2 N–H and O–H groups in total. The standard InChI is InChI=1S/C15H20N6OS/c1-10-12(9-20(3)18-10)8-16-15-17-11(2)14(23-15)13-4-5-21(19-13)6-7-22/h4-5,9,22H,6-8H2,1-3H3,(H,16,17). The third-order valence-electron chi connectivity index (χ3n) is 3.54. The zero-order chi connectivity index (χ0) is 16.4. The van der Waals surface area contributed by atoms with Crippen LogP contribution in [0.15, 0.2) is 18.5 Å². The maximum absolute atomic E-state index is 8.97. The van der Waals surface area contributed by atoms with Crippen LogP contribution >= 0.6 is 11.3 Å². The van der Waals surface area contributed by atoms with Gasteiger partial charge in [-0.3, -0.25) is 9.36 Å². The number of thiazole rings is 1. The number of hydrogen-bond acceptors (Lipinski definition) is 6. The first kappa shape index (κ1) is 15.7. The van der Waals surface area contributed by atoms with Gasteiger partial charge in [-0.1, -0.05) is 11.3 Å². The molecule has 0 aliphatic heterocycles. The highest BCUT2D eigenvalue weighted by Gasteiger charge is 2.13. The number of aliphatic hydroxyl groups is 1. The van der Waals surface area contributed by atoms with E-state index in [1.807, 2.05) is 44.0 Å². The Kier molecular flexibility index (Phi) is 4.44. The van der Waals surface area contributed by atoms with Gasteiger partial charge >= 0.3 is 0 Å². The summed E-state index contributed by atoms with van der Waals surface area (Å²) in [5.41, 5.74) is 4.03. The summed E-state index contributed by atoms with van der Waals surface area (Å²) in [7, 11) is 1.92. The van der Waals surface area contributed by atoms with Gasteiger partial charge in [0.2, 0.25) is 0 Å². The monoisotopic (exact) mass is 332 g/mol. The van der Waals surface area contributed by atoms with Gasteiger partial charge in [0.15, 0.2) is 5.13 Å². The van der Waals surface area contributed by atoms with Gasteiger partial charge in [0.1, 0.15) is 5.69 Å². The van der Waals surface area contributed by atoms with E-state index in [2.05, 4.69) is 20.5 Å². The molecule has 0 spiro atoms. The fraction of sp³-hybridized carbons (Fsp3) is 0.400. The van der Waals surface area contributed by atoms with E-state index in [0.29, 0.717) is 13.1 Å². The number of nitrogens with one attached hydrogen (secondary N) is 1. The van der Waals surface area contributed by atoms with Crippen LogP contribution < -0.4 is 5.32 Å². The molecule has 0 aliphatic rings. The minimum atomic E-state index is 0.0834. The van der Waals surface area contributed by atoms with Gasteiger partial charge in [-0.05, 0) is 19.9 Å². The Morgan fingerprint density at radius 2 is 2.09 bits per heavy atom. The Bertz CT molecular complexity index is 803. The zero-order valence-corrected chi connectivity index (χ0v) is 14.3. The zero-order valence-electron chi connectivity index (χ0n) is 13.4. The smallest absolute Gasteiger partial charge is 0.183 e. The molecule has 7 nitrogen and oxygen atoms in total. The summed E-state index contributed by atoms with van der Waals surface area (Å²) in [6.07, 6.45) is 3.89. The molecule has 0 atom stereocenters. The Morgan fingerprint density at radius 1 is 1.26 bits per heavy atom. The summed E-state index contributed by atoms with van der Waals surface area (Å²) in [6.45, 7) is 5.27. The van der Waals surface area contributed by atoms with Crippen LogP contribution in [-0.2, 0) is 20.1 Å². The van der Waals surface area contributed by atoms with Crippen molar-refractivity contribution in [2.24, 2.45) is 7.05 Å². The van der Waals surface area contributed by atoms with Crippen LogP contribution in [0.4, 0.5) is 5.13 Å². The largest absolute Gasteiger partial charge is 0.394 e. The van der Waals surface area contributed by atoms with Crippen LogP contribution in [0, 0.1) is 13.8 Å². The van der Waals surface area contributed by atoms with Gasteiger partial charge in [0, 0.05) is 31.5 Å². The van der Waals surface area contributed by atoms with Crippen LogP contribution in [0.5, 0.6) is 0 Å². The van der Waals surface area contributed by atoms with E-state index in [9.17, 15) is 0 Å². The van der Waals surface area contributed by atoms with Crippen LogP contribution in [-0.4, -0.2) is 36.3 Å². The Balaban J connectivity index is 1.73. The van der Waals surface area contributed by atoms with Crippen molar-refractivity contribution in [1.29, 1.82) is 0 Å². The van der Waals surface area contributed by atoms with Crippen molar-refractivity contribution < 1.29 is 5.11 Å². The van der Waals surface area contributed by atoms with Crippen LogP contribution in [0.25, 0.3) is 10.6 Å². The lowest BCUT2D eigenvalue weighted by Gasteiger charge is -2.00. The third kappa shape index (κ3) is 3.43. The molecule has 0 bridgehead atoms. The summed E-state index contributed by atoms with van der Waals surface area (Å²) >= 11 is 1.59. The molecule has 0 amide bonds. The highest BCUT2D eigenvalue weighted by atomic mass is 32.1. The number of hydrogen-bond donors (Lipinski definition) is 2. The van der Waals surface area contributed by atoms with Gasteiger partial charge in [-0.25, -0.2) is 4.98 Å². The van der Waals surface area contributed by atoms with Gasteiger partial charge < -0.3 is 10.4 Å². The number of aromatic nitrogens is 5. The predicted octanol–water partition coefficient (Wildman–Crippen LogP) is 1.96. The minimum absolute atomic E-state index is 0.0834. The topological polar surface area (TPSA) is 80.8 Å². The number of aryl methyl sites for hydroxylation is 3. The number of aliphatic hydroxyl groups excluding tert-OH is 1. The molecule has 3 heterocycles. The average Bonchev–Trinajstić information content (AvgIpc) is 3.17. The Hall–Kier alpha value is -2.19. The maximum atomic E-state index is 8.97. The lowest BCUT2D eigenvalue weighted by atomic mass is 10.3. The second-order valence-corrected chi connectivity index (χ2v) is 6.39. The molecule has 0 unspecified atom stereocenters. The van der Waals surface area contributed by atoms with E-state index in [-0.39, 0.29) is 6.61 Å². The molecule has 0 radical (unpaired) electrons. The molecule has 8 heteroatoms. The fourth-order valence-corrected chi connectivity index (χ4v) is 3.34. The normalized spacial score (nSPS) is 11.1. The minimum Gasteiger partial charge on any atom is -0.394 e. The molecule has 3 aromatic heterocycles. The van der Waals surface area contributed by atoms with Crippen molar-refractivity contribution in [1.82, 2.24) is 24.5 Å². The number of nitrogens with zero attached hydrogens (tertiary/aromatic N) is 5. The predicted molar refractivity (Wildman–Crippen MR) is 90.4 cm³/mol. The van der Waals surface area contributed by atoms with Crippen LogP contribution in [0.2, 0.25) is 0 Å². The SMILES string of the molecule is Cc1nn(C)cc1CNc1nc(C)c(-c2ccn(CCO)n2)s1. The van der Waals surface area contributed by atoms with Crippen molar-refractivity contribution >= 4 is 16.5 Å². The van der Waals surface area contributed by atoms with Gasteiger partial charge in [0.05, 0.1) is 29.4 Å². The quantitative estimate of drug-likeness (QED) is 0.721. The molecule has 23 heavy (non-hydrogen) atoms. The van der Waals surface area contributed by atoms with Gasteiger partial charge in [-0.2, -0.15) is 10.2 Å². The van der Waals surface area contributed by atoms with Gasteiger partial charge in [-0.15, -0.1) is 0 Å². The van der Waals surface area contributed by atoms with Crippen LogP contribution in [0.1, 0.15) is 17.0 Å². The fourth-order valence-electron chi connectivity index (χ4n) is 2.41. The lowest BCUT2D eigenvalue weighted by molar-refractivity contribution is 0.269. The highest BCUT2D eigenvalue weighted by Crippen LogP contribution is 2.31. The number of anilines is 1. The first-order valence-corrected chi connectivity index (χ1v) is 8.23. The summed E-state index contributed by atoms with van der Waals surface area (Å²) in [5.74, 6) is 0. The first-order valence-electron chi connectivity index (χ1n) is 7.42. The molecular formula is C15H20N6OS. The van der Waals surface area contributed by atoms with Gasteiger partial charge in [0.25, 0.3) is 0 Å². The summed E-state index contributed by atoms with van der Waals surface area (Å²) < 4.78 is 3.55. The van der Waals surface area contributed by atoms with Crippen molar-refractivity contribution in [3.63, 3.8) is 0 Å². The van der Waals surface area contributed by atoms with E-state index >= 15 is 0 Å². The molecule has 0 saturated heterocycles. The molecular weight excluding hydrogens is 312 g/mol. The van der Waals surface area contributed by atoms with E-state index in [1.54, 1.807) is 16.0 Å². The summed E-state index contributed by atoms with van der Waals surface area (Å²) in [4.78, 5) is 5.62. The highest BCUT2D eigenvalue weighted by molar-refractivity contribution is 7.19. The molecule has 0 fully saturated rings. The molecule has 0 aromatic carbocycles. The Labute approximate surface area is 138 Å². The maximum Gasteiger partial charge on any atom is 0.183 e. The molecule has 122 valence electrons. The van der Waals surface area contributed by atoms with E-state index < -0.39 is 0 Å². The van der Waals surface area contributed by atoms with E-state index in [0.717, 1.165) is 32.7 Å². The molecule has 3 aromatic rings. The summed E-state index contributed by atoms with van der Waals surface area (Å²) in [6, 6.07) is 1.95. The first-order chi connectivity index (χ1) is 11.1. The van der Waals surface area contributed by atoms with Crippen LogP contribution in [0.3, 0.4) is 0 Å². The third-order valence-corrected chi connectivity index (χ3v) is 4.68.